The van der Waals surface area contributed by atoms with Crippen molar-refractivity contribution in [2.24, 2.45) is 0 Å². The van der Waals surface area contributed by atoms with Crippen molar-refractivity contribution in [1.29, 1.82) is 0 Å². The van der Waals surface area contributed by atoms with Crippen LogP contribution in [0.3, 0.4) is 0 Å². The van der Waals surface area contributed by atoms with Crippen LogP contribution in [-0.2, 0) is 16.6 Å². The van der Waals surface area contributed by atoms with Gasteiger partial charge in [-0.1, -0.05) is 6.92 Å². The quantitative estimate of drug-likeness (QED) is 0.849. The summed E-state index contributed by atoms with van der Waals surface area (Å²) in [6, 6.07) is 1.52. The van der Waals surface area contributed by atoms with Gasteiger partial charge in [-0.05, 0) is 13.0 Å². The van der Waals surface area contributed by atoms with Crippen molar-refractivity contribution in [3.63, 3.8) is 0 Å². The van der Waals surface area contributed by atoms with Crippen molar-refractivity contribution >= 4 is 32.7 Å². The van der Waals surface area contributed by atoms with Crippen LogP contribution in [0.15, 0.2) is 22.5 Å². The summed E-state index contributed by atoms with van der Waals surface area (Å²) < 4.78 is 27.1. The SMILES string of the molecule is Cc1sc(CO)cc1S(=O)(=O)NCC(C)c1nccs1. The van der Waals surface area contributed by atoms with Gasteiger partial charge in [-0.3, -0.25) is 0 Å². The van der Waals surface area contributed by atoms with Crippen LogP contribution < -0.4 is 4.72 Å². The van der Waals surface area contributed by atoms with E-state index >= 15 is 0 Å². The Labute approximate surface area is 126 Å². The Morgan fingerprint density at radius 1 is 1.50 bits per heavy atom. The molecular weight excluding hydrogens is 316 g/mol. The second-order valence-corrected chi connectivity index (χ2v) is 8.42. The van der Waals surface area contributed by atoms with E-state index < -0.39 is 10.0 Å². The largest absolute Gasteiger partial charge is 0.391 e. The second kappa shape index (κ2) is 6.31. The van der Waals surface area contributed by atoms with Gasteiger partial charge >= 0.3 is 0 Å². The predicted octanol–water partition coefficient (Wildman–Crippen LogP) is 2.09. The third kappa shape index (κ3) is 3.44. The predicted molar refractivity (Wildman–Crippen MR) is 80.7 cm³/mol. The Morgan fingerprint density at radius 3 is 2.80 bits per heavy atom. The number of hydrogen-bond donors (Lipinski definition) is 2. The molecule has 0 aliphatic heterocycles. The van der Waals surface area contributed by atoms with Gasteiger partial charge in [0.25, 0.3) is 0 Å². The number of aromatic nitrogens is 1. The van der Waals surface area contributed by atoms with E-state index in [1.54, 1.807) is 13.1 Å². The van der Waals surface area contributed by atoms with Crippen molar-refractivity contribution in [3.8, 4) is 0 Å². The van der Waals surface area contributed by atoms with E-state index in [-0.39, 0.29) is 17.4 Å². The zero-order valence-corrected chi connectivity index (χ0v) is 13.6. The maximum atomic E-state index is 12.3. The van der Waals surface area contributed by atoms with Gasteiger partial charge in [-0.2, -0.15) is 0 Å². The lowest BCUT2D eigenvalue weighted by atomic mass is 10.2. The van der Waals surface area contributed by atoms with Crippen molar-refractivity contribution in [3.05, 3.63) is 32.4 Å². The molecule has 0 saturated carbocycles. The summed E-state index contributed by atoms with van der Waals surface area (Å²) in [7, 11) is -3.54. The van der Waals surface area contributed by atoms with E-state index in [2.05, 4.69) is 9.71 Å². The lowest BCUT2D eigenvalue weighted by Gasteiger charge is -2.10. The van der Waals surface area contributed by atoms with Gasteiger partial charge in [0.15, 0.2) is 0 Å². The summed E-state index contributed by atoms with van der Waals surface area (Å²) in [6.07, 6.45) is 1.71. The molecule has 1 unspecified atom stereocenters. The number of nitrogens with zero attached hydrogens (tertiary/aromatic N) is 1. The Balaban J connectivity index is 2.09. The molecule has 8 heteroatoms. The highest BCUT2D eigenvalue weighted by Gasteiger charge is 2.21. The Kier molecular flexibility index (Phi) is 4.92. The maximum absolute atomic E-state index is 12.3. The van der Waals surface area contributed by atoms with E-state index in [0.717, 1.165) is 5.01 Å². The van der Waals surface area contributed by atoms with Crippen molar-refractivity contribution < 1.29 is 13.5 Å². The first kappa shape index (κ1) is 15.6. The maximum Gasteiger partial charge on any atom is 0.241 e. The van der Waals surface area contributed by atoms with Crippen molar-refractivity contribution in [2.45, 2.75) is 31.3 Å². The summed E-state index contributed by atoms with van der Waals surface area (Å²) >= 11 is 2.81. The fourth-order valence-corrected chi connectivity index (χ4v) is 5.07. The number of aliphatic hydroxyl groups excluding tert-OH is 1. The number of hydrogen-bond acceptors (Lipinski definition) is 6. The third-order valence-corrected chi connectivity index (χ3v) is 6.54. The standard InChI is InChI=1S/C12H16N2O3S3/c1-8(12-13-3-4-18-12)6-14-20(16,17)11-5-10(7-15)19-9(11)2/h3-5,8,14-15H,6-7H2,1-2H3. The van der Waals surface area contributed by atoms with Crippen LogP contribution in [0.25, 0.3) is 0 Å². The average Bonchev–Trinajstić information content (AvgIpc) is 3.05. The molecule has 2 aromatic heterocycles. The highest BCUT2D eigenvalue weighted by molar-refractivity contribution is 7.89. The van der Waals surface area contributed by atoms with E-state index in [0.29, 0.717) is 16.3 Å². The molecule has 0 aromatic carbocycles. The molecule has 20 heavy (non-hydrogen) atoms. The van der Waals surface area contributed by atoms with Gasteiger partial charge in [0.05, 0.1) is 16.5 Å². The van der Waals surface area contributed by atoms with E-state index in [1.165, 1.54) is 28.7 Å². The number of sulfonamides is 1. The summed E-state index contributed by atoms with van der Waals surface area (Å²) in [6.45, 7) is 3.83. The first-order valence-corrected chi connectivity index (χ1v) is 9.21. The van der Waals surface area contributed by atoms with Crippen LogP contribution in [0.2, 0.25) is 0 Å². The highest BCUT2D eigenvalue weighted by atomic mass is 32.2. The minimum atomic E-state index is -3.54. The molecule has 0 aliphatic rings. The zero-order valence-electron chi connectivity index (χ0n) is 11.2. The van der Waals surface area contributed by atoms with Crippen LogP contribution in [0, 0.1) is 6.92 Å². The van der Waals surface area contributed by atoms with Crippen LogP contribution in [-0.4, -0.2) is 25.1 Å². The number of aryl methyl sites for hydroxylation is 1. The van der Waals surface area contributed by atoms with Gasteiger partial charge in [0, 0.05) is 33.8 Å². The molecular formula is C12H16N2O3S3. The molecule has 0 amide bonds. The molecule has 2 aromatic rings. The Morgan fingerprint density at radius 2 is 2.25 bits per heavy atom. The molecule has 2 heterocycles. The molecule has 0 bridgehead atoms. The van der Waals surface area contributed by atoms with Crippen molar-refractivity contribution in [2.75, 3.05) is 6.54 Å². The topological polar surface area (TPSA) is 79.3 Å². The average molecular weight is 332 g/mol. The fraction of sp³-hybridized carbons (Fsp3) is 0.417. The number of thiazole rings is 1. The molecule has 0 saturated heterocycles. The monoisotopic (exact) mass is 332 g/mol. The van der Waals surface area contributed by atoms with E-state index in [9.17, 15) is 8.42 Å². The van der Waals surface area contributed by atoms with Crippen LogP contribution in [0.4, 0.5) is 0 Å². The van der Waals surface area contributed by atoms with Gasteiger partial charge in [-0.15, -0.1) is 22.7 Å². The molecule has 0 aliphatic carbocycles. The van der Waals surface area contributed by atoms with Crippen LogP contribution in [0.5, 0.6) is 0 Å². The van der Waals surface area contributed by atoms with E-state index in [4.69, 9.17) is 5.11 Å². The molecule has 1 atom stereocenters. The lowest BCUT2D eigenvalue weighted by molar-refractivity contribution is 0.285. The summed E-state index contributed by atoms with van der Waals surface area (Å²) in [4.78, 5) is 5.76. The van der Waals surface area contributed by atoms with Gasteiger partial charge in [0.2, 0.25) is 10.0 Å². The number of rotatable bonds is 6. The second-order valence-electron chi connectivity index (χ2n) is 4.41. The number of aliphatic hydroxyl groups is 1. The summed E-state index contributed by atoms with van der Waals surface area (Å²) in [5, 5.41) is 11.9. The molecule has 2 N–H and O–H groups in total. The van der Waals surface area contributed by atoms with Crippen molar-refractivity contribution in [1.82, 2.24) is 9.71 Å². The summed E-state index contributed by atoms with van der Waals surface area (Å²) in [5.41, 5.74) is 0. The van der Waals surface area contributed by atoms with Crippen LogP contribution in [0.1, 0.15) is 27.6 Å². The minimum Gasteiger partial charge on any atom is -0.391 e. The zero-order chi connectivity index (χ0) is 14.8. The Hall–Kier alpha value is -0.800. The number of thiophene rings is 1. The van der Waals surface area contributed by atoms with E-state index in [1.807, 2.05) is 12.3 Å². The molecule has 5 nitrogen and oxygen atoms in total. The molecule has 2 rings (SSSR count). The molecule has 110 valence electrons. The summed E-state index contributed by atoms with van der Waals surface area (Å²) in [5.74, 6) is 0.0287. The Bertz CT molecular complexity index is 662. The first-order chi connectivity index (χ1) is 9.44. The van der Waals surface area contributed by atoms with Gasteiger partial charge in [-0.25, -0.2) is 18.1 Å². The first-order valence-electron chi connectivity index (χ1n) is 6.03. The van der Waals surface area contributed by atoms with Gasteiger partial charge in [0.1, 0.15) is 0 Å². The third-order valence-electron chi connectivity index (χ3n) is 2.82. The van der Waals surface area contributed by atoms with Gasteiger partial charge < -0.3 is 5.11 Å². The fourth-order valence-electron chi connectivity index (χ4n) is 1.75. The number of nitrogens with one attached hydrogen (secondary N) is 1. The molecule has 0 fully saturated rings. The smallest absolute Gasteiger partial charge is 0.241 e. The minimum absolute atomic E-state index is 0.0287. The van der Waals surface area contributed by atoms with Crippen LogP contribution >= 0.6 is 22.7 Å². The highest BCUT2D eigenvalue weighted by Crippen LogP contribution is 2.26. The molecule has 0 radical (unpaired) electrons. The lowest BCUT2D eigenvalue weighted by Crippen LogP contribution is -2.27. The normalized spacial score (nSPS) is 13.6. The molecule has 0 spiro atoms.